The molecule has 29 heavy (non-hydrogen) atoms. The molecule has 9 nitrogen and oxygen atoms in total. The molecule has 2 fully saturated rings. The predicted octanol–water partition coefficient (Wildman–Crippen LogP) is 1.16. The van der Waals surface area contributed by atoms with E-state index < -0.39 is 12.1 Å². The quantitative estimate of drug-likeness (QED) is 0.662. The van der Waals surface area contributed by atoms with E-state index in [0.717, 1.165) is 31.6 Å². The number of benzene rings is 1. The SMILES string of the molecule is O=C(CCC1NC(=O)N(Cc2ccc3c(c2)OCO3)C1=O)NCC1CCOCC1. The molecular formula is C20H25N3O6. The van der Waals surface area contributed by atoms with Gasteiger partial charge in [0, 0.05) is 26.2 Å². The zero-order valence-electron chi connectivity index (χ0n) is 16.1. The van der Waals surface area contributed by atoms with Gasteiger partial charge in [0.15, 0.2) is 11.5 Å². The molecule has 3 aliphatic heterocycles. The predicted molar refractivity (Wildman–Crippen MR) is 101 cm³/mol. The van der Waals surface area contributed by atoms with Crippen molar-refractivity contribution in [2.45, 2.75) is 38.3 Å². The summed E-state index contributed by atoms with van der Waals surface area (Å²) in [6.45, 7) is 2.42. The van der Waals surface area contributed by atoms with Crippen LogP contribution in [0.2, 0.25) is 0 Å². The number of rotatable bonds is 7. The average molecular weight is 403 g/mol. The van der Waals surface area contributed by atoms with Crippen LogP contribution in [0.15, 0.2) is 18.2 Å². The van der Waals surface area contributed by atoms with E-state index in [9.17, 15) is 14.4 Å². The summed E-state index contributed by atoms with van der Waals surface area (Å²) in [5, 5.41) is 5.59. The second-order valence-electron chi connectivity index (χ2n) is 7.51. The lowest BCUT2D eigenvalue weighted by Gasteiger charge is -2.22. The molecule has 1 unspecified atom stereocenters. The monoisotopic (exact) mass is 403 g/mol. The van der Waals surface area contributed by atoms with Gasteiger partial charge in [0.1, 0.15) is 6.04 Å². The third kappa shape index (κ3) is 4.61. The smallest absolute Gasteiger partial charge is 0.325 e. The van der Waals surface area contributed by atoms with Gasteiger partial charge in [0.25, 0.3) is 5.91 Å². The number of carbonyl (C=O) groups excluding carboxylic acids is 3. The summed E-state index contributed by atoms with van der Waals surface area (Å²) in [4.78, 5) is 38.1. The van der Waals surface area contributed by atoms with E-state index in [1.54, 1.807) is 18.2 Å². The van der Waals surface area contributed by atoms with Gasteiger partial charge < -0.3 is 24.8 Å². The molecule has 0 saturated carbocycles. The summed E-state index contributed by atoms with van der Waals surface area (Å²) in [6, 6.07) is 4.20. The third-order valence-corrected chi connectivity index (χ3v) is 5.47. The van der Waals surface area contributed by atoms with Crippen molar-refractivity contribution in [1.29, 1.82) is 0 Å². The number of carbonyl (C=O) groups is 3. The second kappa shape index (κ2) is 8.69. The molecule has 3 heterocycles. The van der Waals surface area contributed by atoms with E-state index in [4.69, 9.17) is 14.2 Å². The topological polar surface area (TPSA) is 106 Å². The van der Waals surface area contributed by atoms with Crippen LogP contribution in [0.25, 0.3) is 0 Å². The molecule has 0 aliphatic carbocycles. The van der Waals surface area contributed by atoms with Crippen molar-refractivity contribution in [1.82, 2.24) is 15.5 Å². The van der Waals surface area contributed by atoms with Crippen molar-refractivity contribution in [2.24, 2.45) is 5.92 Å². The van der Waals surface area contributed by atoms with Crippen molar-refractivity contribution < 1.29 is 28.6 Å². The Bertz CT molecular complexity index is 792. The van der Waals surface area contributed by atoms with Crippen LogP contribution in [-0.4, -0.2) is 55.3 Å². The van der Waals surface area contributed by atoms with Crippen LogP contribution in [0.4, 0.5) is 4.79 Å². The zero-order valence-corrected chi connectivity index (χ0v) is 16.1. The van der Waals surface area contributed by atoms with Crippen LogP contribution < -0.4 is 20.1 Å². The highest BCUT2D eigenvalue weighted by molar-refractivity contribution is 6.04. The molecule has 3 aliphatic rings. The number of nitrogens with zero attached hydrogens (tertiary/aromatic N) is 1. The Morgan fingerprint density at radius 3 is 2.79 bits per heavy atom. The lowest BCUT2D eigenvalue weighted by molar-refractivity contribution is -0.128. The summed E-state index contributed by atoms with van der Waals surface area (Å²) in [5.41, 5.74) is 0.771. The normalized spacial score (nSPS) is 21.4. The minimum absolute atomic E-state index is 0.104. The van der Waals surface area contributed by atoms with E-state index in [1.165, 1.54) is 4.90 Å². The van der Waals surface area contributed by atoms with Crippen molar-refractivity contribution in [3.8, 4) is 11.5 Å². The molecule has 2 N–H and O–H groups in total. The molecule has 2 saturated heterocycles. The first-order valence-electron chi connectivity index (χ1n) is 9.95. The maximum absolute atomic E-state index is 12.6. The maximum Gasteiger partial charge on any atom is 0.325 e. The number of fused-ring (bicyclic) bond motifs is 1. The minimum Gasteiger partial charge on any atom is -0.454 e. The van der Waals surface area contributed by atoms with Crippen molar-refractivity contribution in [3.05, 3.63) is 23.8 Å². The molecule has 0 spiro atoms. The van der Waals surface area contributed by atoms with Crippen LogP contribution in [0, 0.1) is 5.92 Å². The van der Waals surface area contributed by atoms with E-state index >= 15 is 0 Å². The number of urea groups is 1. The molecule has 4 amide bonds. The molecule has 1 aromatic rings. The lowest BCUT2D eigenvalue weighted by atomic mass is 10.0. The highest BCUT2D eigenvalue weighted by Crippen LogP contribution is 2.33. The Balaban J connectivity index is 1.25. The summed E-state index contributed by atoms with van der Waals surface area (Å²) < 4.78 is 15.9. The Hall–Kier alpha value is -2.81. The van der Waals surface area contributed by atoms with Gasteiger partial charge in [0.2, 0.25) is 12.7 Å². The first-order valence-corrected chi connectivity index (χ1v) is 9.95. The lowest BCUT2D eigenvalue weighted by Crippen LogP contribution is -2.35. The molecule has 9 heteroatoms. The van der Waals surface area contributed by atoms with Crippen molar-refractivity contribution in [3.63, 3.8) is 0 Å². The largest absolute Gasteiger partial charge is 0.454 e. The second-order valence-corrected chi connectivity index (χ2v) is 7.51. The first-order chi connectivity index (χ1) is 14.1. The minimum atomic E-state index is -0.676. The molecule has 0 radical (unpaired) electrons. The molecule has 4 rings (SSSR count). The van der Waals surface area contributed by atoms with E-state index in [1.807, 2.05) is 0 Å². The molecule has 0 bridgehead atoms. The van der Waals surface area contributed by atoms with Crippen LogP contribution in [0.1, 0.15) is 31.2 Å². The summed E-state index contributed by atoms with van der Waals surface area (Å²) in [5.74, 6) is 1.28. The summed E-state index contributed by atoms with van der Waals surface area (Å²) >= 11 is 0. The van der Waals surface area contributed by atoms with Gasteiger partial charge in [-0.05, 0) is 42.9 Å². The van der Waals surface area contributed by atoms with Gasteiger partial charge in [-0.15, -0.1) is 0 Å². The van der Waals surface area contributed by atoms with Gasteiger partial charge in [-0.3, -0.25) is 14.5 Å². The van der Waals surface area contributed by atoms with E-state index in [0.29, 0.717) is 24.0 Å². The molecular weight excluding hydrogens is 378 g/mol. The number of nitrogens with one attached hydrogen (secondary N) is 2. The van der Waals surface area contributed by atoms with Crippen LogP contribution in [-0.2, 0) is 20.9 Å². The number of hydrogen-bond donors (Lipinski definition) is 2. The summed E-state index contributed by atoms with van der Waals surface area (Å²) in [7, 11) is 0. The number of amides is 4. The number of ether oxygens (including phenoxy) is 3. The van der Waals surface area contributed by atoms with Crippen LogP contribution >= 0.6 is 0 Å². The third-order valence-electron chi connectivity index (χ3n) is 5.47. The molecule has 1 atom stereocenters. The fraction of sp³-hybridized carbons (Fsp3) is 0.550. The van der Waals surface area contributed by atoms with Gasteiger partial charge in [-0.25, -0.2) is 4.79 Å². The number of hydrogen-bond acceptors (Lipinski definition) is 6. The fourth-order valence-corrected chi connectivity index (χ4v) is 3.72. The van der Waals surface area contributed by atoms with Crippen molar-refractivity contribution >= 4 is 17.8 Å². The highest BCUT2D eigenvalue weighted by Gasteiger charge is 2.38. The maximum atomic E-state index is 12.6. The van der Waals surface area contributed by atoms with Gasteiger partial charge in [0.05, 0.1) is 6.54 Å². The number of imide groups is 1. The Kier molecular flexibility index (Phi) is 5.84. The highest BCUT2D eigenvalue weighted by atomic mass is 16.7. The Labute approximate surface area is 168 Å². The van der Waals surface area contributed by atoms with E-state index in [2.05, 4.69) is 10.6 Å². The van der Waals surface area contributed by atoms with E-state index in [-0.39, 0.29) is 38.0 Å². The average Bonchev–Trinajstić information content (AvgIpc) is 3.31. The summed E-state index contributed by atoms with van der Waals surface area (Å²) in [6.07, 6.45) is 2.37. The van der Waals surface area contributed by atoms with Gasteiger partial charge in [-0.1, -0.05) is 6.07 Å². The van der Waals surface area contributed by atoms with Gasteiger partial charge in [-0.2, -0.15) is 0 Å². The molecule has 1 aromatic carbocycles. The van der Waals surface area contributed by atoms with Crippen molar-refractivity contribution in [2.75, 3.05) is 26.6 Å². The van der Waals surface area contributed by atoms with Crippen LogP contribution in [0.3, 0.4) is 0 Å². The standard InChI is InChI=1S/C20H25N3O6/c24-18(21-10-13-5-7-27-8-6-13)4-2-15-19(25)23(20(26)22-15)11-14-1-3-16-17(9-14)29-12-28-16/h1,3,9,13,15H,2,4-8,10-12H2,(H,21,24)(H,22,26). The van der Waals surface area contributed by atoms with Crippen LogP contribution in [0.5, 0.6) is 11.5 Å². The Morgan fingerprint density at radius 2 is 1.97 bits per heavy atom. The first kappa shape index (κ1) is 19.5. The Morgan fingerprint density at radius 1 is 1.17 bits per heavy atom. The zero-order chi connectivity index (χ0) is 20.2. The fourth-order valence-electron chi connectivity index (χ4n) is 3.72. The molecule has 156 valence electrons. The van der Waals surface area contributed by atoms with Gasteiger partial charge >= 0.3 is 6.03 Å². The molecule has 0 aromatic heterocycles.